The van der Waals surface area contributed by atoms with Gasteiger partial charge in [-0.3, -0.25) is 0 Å². The van der Waals surface area contributed by atoms with Gasteiger partial charge in [-0.25, -0.2) is 0 Å². The molecule has 0 spiro atoms. The van der Waals surface area contributed by atoms with Crippen molar-refractivity contribution in [1.29, 1.82) is 0 Å². The molecule has 0 heterocycles. The maximum absolute atomic E-state index is 7.07. The van der Waals surface area contributed by atoms with Gasteiger partial charge in [0.2, 0.25) is 0 Å². The molecule has 0 amide bonds. The van der Waals surface area contributed by atoms with E-state index >= 15 is 0 Å². The molecule has 5 aromatic rings. The summed E-state index contributed by atoms with van der Waals surface area (Å²) in [6, 6.07) is 54.3. The molecule has 0 nitrogen and oxygen atoms in total. The van der Waals surface area contributed by atoms with E-state index in [1.54, 1.807) is 0 Å². The highest BCUT2D eigenvalue weighted by atomic mass is 35.5. The average Bonchev–Trinajstić information content (AvgIpc) is 2.96. The highest BCUT2D eigenvalue weighted by molar-refractivity contribution is 7.17. The molecule has 35 heavy (non-hydrogen) atoms. The SMILES string of the molecule is ClCC(=C(c1ccccc1)c1ccccc1)[Si](c1ccccc1)(c1ccccc1)c1ccccc1. The summed E-state index contributed by atoms with van der Waals surface area (Å²) < 4.78 is 0. The monoisotopic (exact) mass is 486 g/mol. The Morgan fingerprint density at radius 1 is 0.429 bits per heavy atom. The van der Waals surface area contributed by atoms with E-state index in [0.717, 1.165) is 0 Å². The van der Waals surface area contributed by atoms with Crippen molar-refractivity contribution in [3.8, 4) is 0 Å². The molecule has 0 atom stereocenters. The van der Waals surface area contributed by atoms with E-state index in [0.29, 0.717) is 5.88 Å². The highest BCUT2D eigenvalue weighted by Gasteiger charge is 2.44. The molecule has 5 rings (SSSR count). The number of hydrogen-bond donors (Lipinski definition) is 0. The number of halogens is 1. The summed E-state index contributed by atoms with van der Waals surface area (Å²) in [7, 11) is -2.73. The van der Waals surface area contributed by atoms with Gasteiger partial charge in [-0.15, -0.1) is 11.6 Å². The first-order valence-corrected chi connectivity index (χ1v) is 14.5. The number of benzene rings is 5. The van der Waals surface area contributed by atoms with Crippen LogP contribution in [-0.4, -0.2) is 14.0 Å². The molecular weight excluding hydrogens is 460 g/mol. The van der Waals surface area contributed by atoms with E-state index in [1.807, 2.05) is 0 Å². The van der Waals surface area contributed by atoms with Gasteiger partial charge >= 0.3 is 0 Å². The fraction of sp³-hybridized carbons (Fsp3) is 0.0303. The standard InChI is InChI=1S/C33H27ClSi/c34-26-32(33(27-16-6-1-7-17-27)28-18-8-2-9-19-28)35(29-20-10-3-11-21-29,30-22-12-4-13-23-30)31-24-14-5-15-25-31/h1-25H,26H2. The van der Waals surface area contributed by atoms with Crippen LogP contribution in [0.15, 0.2) is 157 Å². The van der Waals surface area contributed by atoms with E-state index in [4.69, 9.17) is 11.6 Å². The average molecular weight is 487 g/mol. The van der Waals surface area contributed by atoms with Crippen LogP contribution in [0.1, 0.15) is 11.1 Å². The van der Waals surface area contributed by atoms with Gasteiger partial charge in [0.05, 0.1) is 0 Å². The van der Waals surface area contributed by atoms with Crippen molar-refractivity contribution in [2.24, 2.45) is 0 Å². The first-order valence-electron chi connectivity index (χ1n) is 11.9. The van der Waals surface area contributed by atoms with Crippen LogP contribution < -0.4 is 15.6 Å². The smallest absolute Gasteiger partial charge is 0.122 e. The van der Waals surface area contributed by atoms with Gasteiger partial charge in [-0.05, 0) is 37.5 Å². The Hall–Kier alpha value is -3.65. The van der Waals surface area contributed by atoms with Crippen molar-refractivity contribution in [2.75, 3.05) is 5.88 Å². The summed E-state index contributed by atoms with van der Waals surface area (Å²) in [4.78, 5) is 0. The first-order chi connectivity index (χ1) is 17.4. The van der Waals surface area contributed by atoms with Gasteiger partial charge in [0.25, 0.3) is 0 Å². The lowest BCUT2D eigenvalue weighted by Crippen LogP contribution is -2.69. The van der Waals surface area contributed by atoms with E-state index in [2.05, 4.69) is 152 Å². The van der Waals surface area contributed by atoms with E-state index < -0.39 is 8.07 Å². The fourth-order valence-corrected chi connectivity index (χ4v) is 10.9. The van der Waals surface area contributed by atoms with Crippen LogP contribution >= 0.6 is 11.6 Å². The Bertz CT molecular complexity index is 1240. The molecule has 0 radical (unpaired) electrons. The zero-order valence-corrected chi connectivity index (χ0v) is 21.3. The highest BCUT2D eigenvalue weighted by Crippen LogP contribution is 2.33. The second-order valence-corrected chi connectivity index (χ2v) is 12.7. The van der Waals surface area contributed by atoms with Crippen LogP contribution in [0.4, 0.5) is 0 Å². The minimum Gasteiger partial charge on any atom is -0.122 e. The maximum Gasteiger partial charge on any atom is 0.177 e. The molecule has 0 bridgehead atoms. The van der Waals surface area contributed by atoms with Crippen molar-refractivity contribution in [3.63, 3.8) is 0 Å². The quantitative estimate of drug-likeness (QED) is 0.141. The molecule has 0 aliphatic rings. The molecule has 0 N–H and O–H groups in total. The van der Waals surface area contributed by atoms with Crippen LogP contribution in [0, 0.1) is 0 Å². The summed E-state index contributed by atoms with van der Waals surface area (Å²) in [6.07, 6.45) is 0. The summed E-state index contributed by atoms with van der Waals surface area (Å²) in [5, 5.41) is 5.28. The maximum atomic E-state index is 7.07. The second-order valence-electron chi connectivity index (χ2n) is 8.57. The Labute approximate surface area is 214 Å². The zero-order chi connectivity index (χ0) is 23.9. The molecule has 0 aliphatic heterocycles. The molecule has 0 saturated carbocycles. The predicted octanol–water partition coefficient (Wildman–Crippen LogP) is 6.44. The Kier molecular flexibility index (Phi) is 7.09. The van der Waals surface area contributed by atoms with Gasteiger partial charge in [0, 0.05) is 5.88 Å². The Morgan fingerprint density at radius 3 is 1.00 bits per heavy atom. The molecule has 5 aromatic carbocycles. The summed E-state index contributed by atoms with van der Waals surface area (Å²) in [5.41, 5.74) is 3.60. The van der Waals surface area contributed by atoms with Crippen molar-refractivity contribution in [2.45, 2.75) is 0 Å². The molecule has 0 fully saturated rings. The van der Waals surface area contributed by atoms with E-state index in [-0.39, 0.29) is 0 Å². The van der Waals surface area contributed by atoms with Crippen molar-refractivity contribution < 1.29 is 0 Å². The predicted molar refractivity (Wildman–Crippen MR) is 154 cm³/mol. The summed E-state index contributed by atoms with van der Waals surface area (Å²) in [5.74, 6) is 0.435. The number of hydrogen-bond acceptors (Lipinski definition) is 0. The van der Waals surface area contributed by atoms with Crippen molar-refractivity contribution in [3.05, 3.63) is 168 Å². The van der Waals surface area contributed by atoms with Gasteiger partial charge in [-0.2, -0.15) is 0 Å². The minimum absolute atomic E-state index is 0.435. The molecule has 0 saturated heterocycles. The van der Waals surface area contributed by atoms with E-state index in [1.165, 1.54) is 37.5 Å². The van der Waals surface area contributed by atoms with Crippen LogP contribution in [0.2, 0.25) is 0 Å². The van der Waals surface area contributed by atoms with Gasteiger partial charge in [0.1, 0.15) is 0 Å². The Morgan fingerprint density at radius 2 is 0.714 bits per heavy atom. The normalized spacial score (nSPS) is 11.1. The zero-order valence-electron chi connectivity index (χ0n) is 19.5. The first kappa shape index (κ1) is 23.1. The molecular formula is C33H27ClSi. The molecule has 0 aliphatic carbocycles. The van der Waals surface area contributed by atoms with Gasteiger partial charge in [0.15, 0.2) is 8.07 Å². The van der Waals surface area contributed by atoms with E-state index in [9.17, 15) is 0 Å². The van der Waals surface area contributed by atoms with Gasteiger partial charge in [-0.1, -0.05) is 152 Å². The van der Waals surface area contributed by atoms with Crippen molar-refractivity contribution in [1.82, 2.24) is 0 Å². The van der Waals surface area contributed by atoms with Crippen LogP contribution in [0.5, 0.6) is 0 Å². The van der Waals surface area contributed by atoms with Crippen molar-refractivity contribution >= 4 is 40.8 Å². The fourth-order valence-electron chi connectivity index (χ4n) is 5.17. The number of rotatable bonds is 7. The van der Waals surface area contributed by atoms with Crippen LogP contribution in [-0.2, 0) is 0 Å². The molecule has 2 heteroatoms. The van der Waals surface area contributed by atoms with Gasteiger partial charge < -0.3 is 0 Å². The van der Waals surface area contributed by atoms with Crippen LogP contribution in [0.25, 0.3) is 5.57 Å². The largest absolute Gasteiger partial charge is 0.177 e. The number of alkyl halides is 1. The lowest BCUT2D eigenvalue weighted by Gasteiger charge is -2.37. The number of allylic oxidation sites excluding steroid dienone is 1. The minimum atomic E-state index is -2.73. The summed E-state index contributed by atoms with van der Waals surface area (Å²) in [6.45, 7) is 0. The molecule has 170 valence electrons. The third kappa shape index (κ3) is 4.41. The lowest BCUT2D eigenvalue weighted by molar-refractivity contribution is 1.49. The second kappa shape index (κ2) is 10.7. The third-order valence-electron chi connectivity index (χ3n) is 6.63. The third-order valence-corrected chi connectivity index (χ3v) is 12.1. The summed E-state index contributed by atoms with van der Waals surface area (Å²) >= 11 is 7.07. The topological polar surface area (TPSA) is 0 Å². The Balaban J connectivity index is 2.00. The molecule has 0 unspecified atom stereocenters. The lowest BCUT2D eigenvalue weighted by atomic mass is 9.98. The molecule has 0 aromatic heterocycles. The van der Waals surface area contributed by atoms with Crippen LogP contribution in [0.3, 0.4) is 0 Å².